The number of benzene rings is 1. The van der Waals surface area contributed by atoms with E-state index in [1.165, 1.54) is 6.07 Å². The van der Waals surface area contributed by atoms with Crippen molar-refractivity contribution in [2.45, 2.75) is 31.0 Å². The summed E-state index contributed by atoms with van der Waals surface area (Å²) < 4.78 is 0. The Hall–Kier alpha value is -3.88. The number of anilines is 1. The number of amides is 1. The van der Waals surface area contributed by atoms with Crippen molar-refractivity contribution >= 4 is 29.1 Å². The maximum absolute atomic E-state index is 13.6. The molecule has 184 valence electrons. The van der Waals surface area contributed by atoms with Gasteiger partial charge in [0, 0.05) is 37.2 Å². The number of rotatable bonds is 2. The van der Waals surface area contributed by atoms with E-state index < -0.39 is 64.4 Å². The Bertz CT molecular complexity index is 1290. The molecule has 1 saturated carbocycles. The number of ketones is 2. The Morgan fingerprint density at radius 3 is 2.43 bits per heavy atom. The molecular weight excluding hydrogens is 460 g/mol. The van der Waals surface area contributed by atoms with E-state index in [0.717, 1.165) is 0 Å². The quantitative estimate of drug-likeness (QED) is 0.229. The molecule has 0 spiro atoms. The van der Waals surface area contributed by atoms with Crippen LogP contribution in [-0.4, -0.2) is 74.8 Å². The molecule has 1 aromatic carbocycles. The fourth-order valence-electron chi connectivity index (χ4n) is 5.59. The molecule has 3 aliphatic carbocycles. The Morgan fingerprint density at radius 1 is 1.20 bits per heavy atom. The van der Waals surface area contributed by atoms with Crippen molar-refractivity contribution in [2.75, 3.05) is 19.0 Å². The number of carboxylic acid groups (broad SMARTS) is 1. The van der Waals surface area contributed by atoms with Gasteiger partial charge in [-0.25, -0.2) is 4.79 Å². The van der Waals surface area contributed by atoms with Gasteiger partial charge in [-0.1, -0.05) is 5.92 Å². The highest BCUT2D eigenvalue weighted by Gasteiger charge is 2.62. The zero-order valence-electron chi connectivity index (χ0n) is 18.9. The van der Waals surface area contributed by atoms with Crippen LogP contribution in [0.3, 0.4) is 0 Å². The fourth-order valence-corrected chi connectivity index (χ4v) is 5.59. The third kappa shape index (κ3) is 3.45. The number of aliphatic hydroxyl groups excluding tert-OH is 2. The van der Waals surface area contributed by atoms with Crippen LogP contribution in [-0.2, 0) is 20.8 Å². The van der Waals surface area contributed by atoms with E-state index in [9.17, 15) is 39.6 Å². The number of phenols is 1. The van der Waals surface area contributed by atoms with E-state index in [-0.39, 0.29) is 36.0 Å². The zero-order valence-corrected chi connectivity index (χ0v) is 18.9. The topological polar surface area (TPSA) is 199 Å². The van der Waals surface area contributed by atoms with Crippen molar-refractivity contribution in [3.63, 3.8) is 0 Å². The maximum Gasteiger partial charge on any atom is 0.382 e. The molecule has 0 saturated heterocycles. The molecule has 0 aromatic heterocycles. The van der Waals surface area contributed by atoms with E-state index in [2.05, 4.69) is 5.92 Å². The summed E-state index contributed by atoms with van der Waals surface area (Å²) in [5, 5.41) is 52.4. The number of aliphatic hydroxyl groups is 3. The average molecular weight is 484 g/mol. The number of carbonyl (C=O) groups is 4. The smallest absolute Gasteiger partial charge is 0.382 e. The number of nitrogens with two attached hydrogens (primary N) is 1. The average Bonchev–Trinajstić information content (AvgIpc) is 2.75. The molecule has 2 unspecified atom stereocenters. The second-order valence-corrected chi connectivity index (χ2v) is 9.33. The fraction of sp³-hybridized carbons (Fsp3) is 0.417. The van der Waals surface area contributed by atoms with Crippen LogP contribution in [0.5, 0.6) is 5.75 Å². The zero-order chi connectivity index (χ0) is 26.0. The van der Waals surface area contributed by atoms with Crippen LogP contribution < -0.4 is 10.6 Å². The molecule has 11 heteroatoms. The number of hydrogen-bond donors (Lipinski definition) is 6. The number of hydrogen-bond acceptors (Lipinski definition) is 9. The third-order valence-electron chi connectivity index (χ3n) is 7.15. The lowest BCUT2D eigenvalue weighted by Crippen LogP contribution is -2.63. The van der Waals surface area contributed by atoms with Crippen molar-refractivity contribution in [2.24, 2.45) is 23.5 Å². The van der Waals surface area contributed by atoms with Crippen LogP contribution in [0.15, 0.2) is 17.4 Å². The first-order chi connectivity index (χ1) is 16.3. The molecule has 1 amide bonds. The SMILES string of the molecule is CN(C)c1cc(C#CC(=O)O)c(O)c2c1C[C@H]1C[C@H]3CC(O)C(C(N)=O)C(=O)[C@@]3(O)C(O)=C1C2=O. The van der Waals surface area contributed by atoms with Crippen molar-refractivity contribution < 1.29 is 44.7 Å². The predicted octanol–water partition coefficient (Wildman–Crippen LogP) is -0.752. The molecule has 4 rings (SSSR count). The molecule has 1 aromatic rings. The van der Waals surface area contributed by atoms with Gasteiger partial charge in [-0.2, -0.15) is 0 Å². The normalized spacial score (nSPS) is 29.4. The van der Waals surface area contributed by atoms with Crippen molar-refractivity contribution in [3.05, 3.63) is 34.1 Å². The second kappa shape index (κ2) is 8.11. The van der Waals surface area contributed by atoms with Crippen LogP contribution in [0, 0.1) is 29.6 Å². The number of Topliss-reactive ketones (excluding diaryl/α,β-unsaturated/α-hetero) is 2. The molecule has 0 heterocycles. The number of primary amides is 1. The van der Waals surface area contributed by atoms with Gasteiger partial charge in [0.1, 0.15) is 17.4 Å². The Labute approximate surface area is 199 Å². The number of carbonyl (C=O) groups excluding carboxylic acids is 3. The van der Waals surface area contributed by atoms with Gasteiger partial charge in [0.2, 0.25) is 5.91 Å². The number of nitrogens with zero attached hydrogens (tertiary/aromatic N) is 1. The van der Waals surface area contributed by atoms with E-state index >= 15 is 0 Å². The molecule has 35 heavy (non-hydrogen) atoms. The lowest BCUT2D eigenvalue weighted by Gasteiger charge is -2.48. The number of aromatic hydroxyl groups is 1. The summed E-state index contributed by atoms with van der Waals surface area (Å²) in [5.41, 5.74) is 2.94. The van der Waals surface area contributed by atoms with E-state index in [0.29, 0.717) is 11.3 Å². The lowest BCUT2D eigenvalue weighted by molar-refractivity contribution is -0.167. The summed E-state index contributed by atoms with van der Waals surface area (Å²) in [6.07, 6.45) is -1.45. The molecule has 0 radical (unpaired) electrons. The van der Waals surface area contributed by atoms with Gasteiger partial charge in [-0.05, 0) is 36.8 Å². The third-order valence-corrected chi connectivity index (χ3v) is 7.15. The molecule has 0 aliphatic heterocycles. The van der Waals surface area contributed by atoms with Crippen molar-refractivity contribution in [1.29, 1.82) is 0 Å². The molecule has 7 N–H and O–H groups in total. The summed E-state index contributed by atoms with van der Waals surface area (Å²) >= 11 is 0. The first-order valence-corrected chi connectivity index (χ1v) is 10.8. The van der Waals surface area contributed by atoms with E-state index in [1.54, 1.807) is 19.0 Å². The van der Waals surface area contributed by atoms with Gasteiger partial charge in [0.25, 0.3) is 0 Å². The Balaban J connectivity index is 1.93. The minimum atomic E-state index is -2.60. The summed E-state index contributed by atoms with van der Waals surface area (Å²) in [7, 11) is 3.38. The minimum absolute atomic E-state index is 0.0452. The van der Waals surface area contributed by atoms with Crippen LogP contribution in [0.25, 0.3) is 0 Å². The largest absolute Gasteiger partial charge is 0.508 e. The number of aliphatic carboxylic acids is 1. The maximum atomic E-state index is 13.6. The van der Waals surface area contributed by atoms with E-state index in [4.69, 9.17) is 10.8 Å². The number of allylic oxidation sites excluding steroid dienone is 1. The highest BCUT2D eigenvalue weighted by molar-refractivity contribution is 6.16. The Kier molecular flexibility index (Phi) is 5.62. The van der Waals surface area contributed by atoms with Gasteiger partial charge in [-0.15, -0.1) is 0 Å². The van der Waals surface area contributed by atoms with Gasteiger partial charge in [-0.3, -0.25) is 14.4 Å². The van der Waals surface area contributed by atoms with E-state index in [1.807, 2.05) is 5.92 Å². The van der Waals surface area contributed by atoms with Gasteiger partial charge in [0.05, 0.1) is 17.2 Å². The predicted molar refractivity (Wildman–Crippen MR) is 119 cm³/mol. The van der Waals surface area contributed by atoms with Crippen molar-refractivity contribution in [1.82, 2.24) is 0 Å². The lowest BCUT2D eigenvalue weighted by atomic mass is 9.57. The summed E-state index contributed by atoms with van der Waals surface area (Å²) in [6, 6.07) is 1.45. The second-order valence-electron chi connectivity index (χ2n) is 9.33. The molecule has 0 bridgehead atoms. The number of phenolic OH excluding ortho intramolecular Hbond substituents is 1. The molecule has 1 fully saturated rings. The highest BCUT2D eigenvalue weighted by Crippen LogP contribution is 2.52. The van der Waals surface area contributed by atoms with Gasteiger partial charge >= 0.3 is 5.97 Å². The van der Waals surface area contributed by atoms with Crippen LogP contribution >= 0.6 is 0 Å². The first kappa shape index (κ1) is 24.3. The first-order valence-electron chi connectivity index (χ1n) is 10.8. The summed E-state index contributed by atoms with van der Waals surface area (Å²) in [5.74, 6) is -5.34. The molecular formula is C24H24N2O9. The van der Waals surface area contributed by atoms with Gasteiger partial charge in [0.15, 0.2) is 17.2 Å². The summed E-state index contributed by atoms with van der Waals surface area (Å²) in [6.45, 7) is 0. The summed E-state index contributed by atoms with van der Waals surface area (Å²) in [4.78, 5) is 51.0. The Morgan fingerprint density at radius 2 is 1.86 bits per heavy atom. The number of carboxylic acids is 1. The van der Waals surface area contributed by atoms with Crippen LogP contribution in [0.4, 0.5) is 5.69 Å². The van der Waals surface area contributed by atoms with Crippen LogP contribution in [0.2, 0.25) is 0 Å². The standard InChI is InChI=1S/C24H24N2O9/c1-26(2)13-7-9(3-4-15(28)29)19(30)17-12(13)6-10-5-11-8-14(27)18(23(25)34)22(33)24(11,35)21(32)16(10)20(17)31/h7,10-11,14,18,27,30,32,35H,5-6,8H2,1-2H3,(H2,25,34)(H,28,29)/t10-,11+,14?,18?,24+/m1/s1. The molecule has 11 nitrogen and oxygen atoms in total. The molecule has 5 atom stereocenters. The van der Waals surface area contributed by atoms with Crippen molar-refractivity contribution in [3.8, 4) is 17.6 Å². The molecule has 3 aliphatic rings. The number of fused-ring (bicyclic) bond motifs is 3. The monoisotopic (exact) mass is 484 g/mol. The highest BCUT2D eigenvalue weighted by atomic mass is 16.4. The minimum Gasteiger partial charge on any atom is -0.508 e. The van der Waals surface area contributed by atoms with Gasteiger partial charge < -0.3 is 36.2 Å². The van der Waals surface area contributed by atoms with Crippen LogP contribution in [0.1, 0.15) is 34.3 Å².